The van der Waals surface area contributed by atoms with E-state index in [1.54, 1.807) is 43.3 Å². The molecule has 15 heteroatoms. The molecule has 2 aliphatic heterocycles. The fraction of sp³-hybridized carbons (Fsp3) is 0.333. The number of amides is 2. The molecule has 3 aromatic carbocycles. The zero-order valence-electron chi connectivity index (χ0n) is 28.6. The predicted octanol–water partition coefficient (Wildman–Crippen LogP) is 4.86. The molecule has 2 amide bonds. The molecule has 2 unspecified atom stereocenters. The number of hydrogen-bond acceptors (Lipinski definition) is 8. The number of anilines is 3. The first kappa shape index (κ1) is 35.4. The van der Waals surface area contributed by atoms with Crippen molar-refractivity contribution in [1.29, 1.82) is 0 Å². The van der Waals surface area contributed by atoms with E-state index >= 15 is 0 Å². The number of halogens is 3. The highest BCUT2D eigenvalue weighted by Crippen LogP contribution is 2.42. The predicted molar refractivity (Wildman–Crippen MR) is 189 cm³/mol. The second-order valence-corrected chi connectivity index (χ2v) is 13.2. The zero-order valence-corrected chi connectivity index (χ0v) is 28.6. The summed E-state index contributed by atoms with van der Waals surface area (Å²) in [5.74, 6) is 0.244. The summed E-state index contributed by atoms with van der Waals surface area (Å²) in [6.45, 7) is 3.87. The number of nitrogens with zero attached hydrogens (tertiary/aromatic N) is 3. The Morgan fingerprint density at radius 2 is 1.73 bits per heavy atom. The molecule has 0 saturated heterocycles. The average Bonchev–Trinajstić information content (AvgIpc) is 3.65. The summed E-state index contributed by atoms with van der Waals surface area (Å²) >= 11 is 0. The van der Waals surface area contributed by atoms with Gasteiger partial charge in [-0.15, -0.1) is 0 Å². The molecule has 3 heterocycles. The molecule has 2 atom stereocenters. The van der Waals surface area contributed by atoms with Crippen LogP contribution in [-0.4, -0.2) is 49.1 Å². The standard InChI is InChI=1S/C36H38BF3N6O5/c1-5-17-41-32(48)26-19-35(2,20-29(47)43-24-13-15-25(16-14-24)45(3)4)34-44-31(37-50-27-11-6-7-12-28(27)51-37)30(33(49)46(26)34)42-21-22-9-8-10-23(18-22)36(38,39)40/h6-16,18,26,42H,5,17,19-21H2,1-4H3,(H,41,48)(H,43,47). The maximum Gasteiger partial charge on any atom is 0.655 e. The van der Waals surface area contributed by atoms with E-state index in [0.29, 0.717) is 30.2 Å². The smallest absolute Gasteiger partial charge is 0.518 e. The van der Waals surface area contributed by atoms with Crippen LogP contribution in [0.2, 0.25) is 0 Å². The monoisotopic (exact) mass is 702 g/mol. The summed E-state index contributed by atoms with van der Waals surface area (Å²) in [6, 6.07) is 17.9. The van der Waals surface area contributed by atoms with Crippen LogP contribution in [-0.2, 0) is 27.7 Å². The van der Waals surface area contributed by atoms with E-state index in [4.69, 9.17) is 14.3 Å². The number of carbonyl (C=O) groups is 2. The Morgan fingerprint density at radius 3 is 2.35 bits per heavy atom. The van der Waals surface area contributed by atoms with Crippen LogP contribution in [0.15, 0.2) is 77.6 Å². The maximum atomic E-state index is 14.6. The average molecular weight is 703 g/mol. The van der Waals surface area contributed by atoms with Crippen molar-refractivity contribution in [1.82, 2.24) is 14.9 Å². The first-order valence-corrected chi connectivity index (χ1v) is 16.6. The van der Waals surface area contributed by atoms with Gasteiger partial charge in [0, 0.05) is 50.4 Å². The normalized spacial score (nSPS) is 17.5. The first-order chi connectivity index (χ1) is 24.3. The van der Waals surface area contributed by atoms with Crippen LogP contribution in [0.3, 0.4) is 0 Å². The highest BCUT2D eigenvalue weighted by Gasteiger charge is 2.50. The molecule has 0 bridgehead atoms. The third-order valence-electron chi connectivity index (χ3n) is 8.97. The van der Waals surface area contributed by atoms with Crippen LogP contribution < -0.4 is 41.3 Å². The second kappa shape index (κ2) is 14.0. The lowest BCUT2D eigenvalue weighted by molar-refractivity contribution is -0.137. The molecule has 11 nitrogen and oxygen atoms in total. The van der Waals surface area contributed by atoms with Crippen LogP contribution in [0, 0.1) is 0 Å². The maximum absolute atomic E-state index is 14.6. The highest BCUT2D eigenvalue weighted by molar-refractivity contribution is 6.64. The van der Waals surface area contributed by atoms with Gasteiger partial charge in [-0.2, -0.15) is 13.2 Å². The molecule has 1 aromatic heterocycles. The van der Waals surface area contributed by atoms with Gasteiger partial charge in [0.15, 0.2) is 0 Å². The summed E-state index contributed by atoms with van der Waals surface area (Å²) in [4.78, 5) is 48.6. The van der Waals surface area contributed by atoms with Gasteiger partial charge in [-0.05, 0) is 66.9 Å². The first-order valence-electron chi connectivity index (χ1n) is 16.6. The molecular formula is C36H38BF3N6O5. The number of carbonyl (C=O) groups excluding carboxylic acids is 2. The minimum atomic E-state index is -4.56. The largest absolute Gasteiger partial charge is 0.655 e. The number of rotatable bonds is 11. The Morgan fingerprint density at radius 1 is 1.04 bits per heavy atom. The Kier molecular flexibility index (Phi) is 9.74. The lowest BCUT2D eigenvalue weighted by Gasteiger charge is -2.24. The van der Waals surface area contributed by atoms with Crippen molar-refractivity contribution in [3.63, 3.8) is 0 Å². The van der Waals surface area contributed by atoms with E-state index in [0.717, 1.165) is 17.8 Å². The number of para-hydroxylation sites is 2. The fourth-order valence-electron chi connectivity index (χ4n) is 6.40. The Hall–Kier alpha value is -5.47. The summed E-state index contributed by atoms with van der Waals surface area (Å²) in [6.07, 6.45) is -3.93. The molecule has 2 aliphatic rings. The van der Waals surface area contributed by atoms with Crippen molar-refractivity contribution < 1.29 is 32.1 Å². The number of aromatic nitrogens is 2. The molecule has 3 N–H and O–H groups in total. The minimum Gasteiger partial charge on any atom is -0.518 e. The van der Waals surface area contributed by atoms with Crippen molar-refractivity contribution in [2.45, 2.75) is 57.3 Å². The van der Waals surface area contributed by atoms with Crippen molar-refractivity contribution >= 4 is 41.6 Å². The third kappa shape index (κ3) is 7.37. The van der Waals surface area contributed by atoms with E-state index in [1.165, 1.54) is 16.7 Å². The molecule has 51 heavy (non-hydrogen) atoms. The second-order valence-electron chi connectivity index (χ2n) is 13.2. The van der Waals surface area contributed by atoms with Crippen molar-refractivity contribution in [3.8, 4) is 11.5 Å². The van der Waals surface area contributed by atoms with Crippen LogP contribution in [0.5, 0.6) is 11.5 Å². The van der Waals surface area contributed by atoms with Crippen molar-refractivity contribution in [2.75, 3.05) is 36.2 Å². The quantitative estimate of drug-likeness (QED) is 0.189. The van der Waals surface area contributed by atoms with E-state index in [-0.39, 0.29) is 48.0 Å². The van der Waals surface area contributed by atoms with Gasteiger partial charge in [-0.3, -0.25) is 19.0 Å². The molecule has 266 valence electrons. The Balaban J connectivity index is 1.40. The summed E-state index contributed by atoms with van der Waals surface area (Å²) in [5, 5.41) is 8.76. The van der Waals surface area contributed by atoms with E-state index in [9.17, 15) is 27.6 Å². The van der Waals surface area contributed by atoms with Crippen molar-refractivity contribution in [2.24, 2.45) is 0 Å². The molecule has 0 spiro atoms. The number of hydrogen-bond donors (Lipinski definition) is 3. The van der Waals surface area contributed by atoms with E-state index in [1.807, 2.05) is 38.1 Å². The van der Waals surface area contributed by atoms with Crippen LogP contribution in [0.1, 0.15) is 56.1 Å². The summed E-state index contributed by atoms with van der Waals surface area (Å²) in [5.41, 5.74) is -0.848. The number of fused-ring (bicyclic) bond motifs is 2. The molecular weight excluding hydrogens is 664 g/mol. The van der Waals surface area contributed by atoms with Crippen LogP contribution >= 0.6 is 0 Å². The molecule has 6 rings (SSSR count). The minimum absolute atomic E-state index is 0.0370. The van der Waals surface area contributed by atoms with Gasteiger partial charge in [-0.1, -0.05) is 38.1 Å². The Bertz CT molecular complexity index is 1980. The zero-order chi connectivity index (χ0) is 36.5. The Labute approximate surface area is 293 Å². The molecule has 0 radical (unpaired) electrons. The molecule has 0 aliphatic carbocycles. The number of benzene rings is 3. The molecule has 0 saturated carbocycles. The van der Waals surface area contributed by atoms with Crippen molar-refractivity contribution in [3.05, 3.63) is 100 Å². The van der Waals surface area contributed by atoms with Gasteiger partial charge < -0.3 is 30.2 Å². The van der Waals surface area contributed by atoms with Gasteiger partial charge in [0.05, 0.1) is 5.56 Å². The van der Waals surface area contributed by atoms with Crippen LogP contribution in [0.25, 0.3) is 0 Å². The van der Waals surface area contributed by atoms with E-state index < -0.39 is 41.8 Å². The number of alkyl halides is 3. The molecule has 4 aromatic rings. The lowest BCUT2D eigenvalue weighted by Crippen LogP contribution is -2.49. The van der Waals surface area contributed by atoms with Gasteiger partial charge in [0.2, 0.25) is 11.8 Å². The highest BCUT2D eigenvalue weighted by atomic mass is 19.4. The third-order valence-corrected chi connectivity index (χ3v) is 8.97. The van der Waals surface area contributed by atoms with Gasteiger partial charge in [0.25, 0.3) is 5.56 Å². The van der Waals surface area contributed by atoms with Gasteiger partial charge in [0.1, 0.15) is 34.6 Å². The van der Waals surface area contributed by atoms with Crippen LogP contribution in [0.4, 0.5) is 30.2 Å². The lowest BCUT2D eigenvalue weighted by atomic mass is 9.80. The topological polar surface area (TPSA) is 127 Å². The summed E-state index contributed by atoms with van der Waals surface area (Å²) in [7, 11) is 2.62. The summed E-state index contributed by atoms with van der Waals surface area (Å²) < 4.78 is 53.9. The van der Waals surface area contributed by atoms with Gasteiger partial charge >= 0.3 is 13.3 Å². The fourth-order valence-corrected chi connectivity index (χ4v) is 6.40. The van der Waals surface area contributed by atoms with E-state index in [2.05, 4.69) is 16.0 Å². The number of nitrogens with one attached hydrogen (secondary N) is 3. The van der Waals surface area contributed by atoms with Gasteiger partial charge in [-0.25, -0.2) is 4.98 Å². The SMILES string of the molecule is CCCNC(=O)C1CC(C)(CC(=O)Nc2ccc(N(C)C)cc2)c2nc(B3Oc4ccccc4O3)c(NCc3cccc(C(F)(F)F)c3)c(=O)n21. The molecule has 0 fully saturated rings.